The molecule has 1 aromatic rings. The molecule has 1 atom stereocenters. The number of aliphatic carboxylic acids is 1. The minimum Gasteiger partial charge on any atom is -0.481 e. The number of alkyl carbamates (subject to hydrolysis) is 1. The van der Waals surface area contributed by atoms with E-state index in [4.69, 9.17) is 9.84 Å². The Balaban J connectivity index is 2.29. The molecule has 2 N–H and O–H groups in total. The fraction of sp³-hybridized carbons (Fsp3) is 0.600. The van der Waals surface area contributed by atoms with Gasteiger partial charge < -0.3 is 15.2 Å². The number of rotatable bonds is 10. The molecule has 0 aromatic carbocycles. The maximum absolute atomic E-state index is 11.5. The molecule has 1 rings (SSSR count). The van der Waals surface area contributed by atoms with Crippen LogP contribution >= 0.6 is 0 Å². The molecule has 0 bridgehead atoms. The van der Waals surface area contributed by atoms with Gasteiger partial charge in [-0.3, -0.25) is 4.79 Å². The number of hydrogen-bond acceptors (Lipinski definition) is 5. The fourth-order valence-electron chi connectivity index (χ4n) is 2.41. The lowest BCUT2D eigenvalue weighted by Crippen LogP contribution is -2.32. The third-order valence-corrected chi connectivity index (χ3v) is 3.71. The van der Waals surface area contributed by atoms with Crippen molar-refractivity contribution >= 4 is 12.1 Å². The number of nitrogens with zero attached hydrogens (tertiary/aromatic N) is 2. The van der Waals surface area contributed by atoms with E-state index in [2.05, 4.69) is 15.3 Å². The van der Waals surface area contributed by atoms with Crippen LogP contribution in [0.3, 0.4) is 0 Å². The number of hydrogen-bond donors (Lipinski definition) is 2. The Labute approximate surface area is 161 Å². The Morgan fingerprint density at radius 2 is 1.89 bits per heavy atom. The van der Waals surface area contributed by atoms with Crippen LogP contribution in [-0.4, -0.2) is 39.3 Å². The minimum atomic E-state index is -0.849. The third-order valence-electron chi connectivity index (χ3n) is 3.71. The summed E-state index contributed by atoms with van der Waals surface area (Å²) < 4.78 is 5.17. The Bertz CT molecular complexity index is 621. The summed E-state index contributed by atoms with van der Waals surface area (Å²) in [7, 11) is 0. The van der Waals surface area contributed by atoms with E-state index in [1.807, 2.05) is 32.9 Å². The van der Waals surface area contributed by atoms with Gasteiger partial charge in [0.15, 0.2) is 0 Å². The average Bonchev–Trinajstić information content (AvgIpc) is 2.55. The number of ether oxygens (including phenoxy) is 1. The maximum Gasteiger partial charge on any atom is 0.407 e. The van der Waals surface area contributed by atoms with Crippen molar-refractivity contribution in [3.63, 3.8) is 0 Å². The number of carboxylic acids is 1. The van der Waals surface area contributed by atoms with Crippen LogP contribution in [0.5, 0.6) is 0 Å². The van der Waals surface area contributed by atoms with E-state index < -0.39 is 11.6 Å². The molecule has 7 heteroatoms. The minimum absolute atomic E-state index is 0.0166. The van der Waals surface area contributed by atoms with Crippen molar-refractivity contribution in [3.05, 3.63) is 35.9 Å². The van der Waals surface area contributed by atoms with Gasteiger partial charge in [-0.1, -0.05) is 18.6 Å². The number of nitrogens with one attached hydrogen (secondary N) is 1. The number of aromatic nitrogens is 2. The molecule has 0 saturated heterocycles. The fourth-order valence-corrected chi connectivity index (χ4v) is 2.41. The van der Waals surface area contributed by atoms with Gasteiger partial charge in [0.05, 0.1) is 6.42 Å². The van der Waals surface area contributed by atoms with E-state index in [0.717, 1.165) is 31.2 Å². The van der Waals surface area contributed by atoms with Crippen molar-refractivity contribution in [2.45, 2.75) is 71.3 Å². The lowest BCUT2D eigenvalue weighted by Gasteiger charge is -2.19. The molecule has 0 saturated carbocycles. The van der Waals surface area contributed by atoms with Gasteiger partial charge >= 0.3 is 12.1 Å². The van der Waals surface area contributed by atoms with Gasteiger partial charge in [-0.05, 0) is 52.5 Å². The van der Waals surface area contributed by atoms with Crippen molar-refractivity contribution < 1.29 is 19.4 Å². The van der Waals surface area contributed by atoms with E-state index in [1.165, 1.54) is 0 Å². The number of aryl methyl sites for hydroxylation is 1. The summed E-state index contributed by atoms with van der Waals surface area (Å²) in [4.78, 5) is 30.9. The molecule has 0 fully saturated rings. The molecule has 7 nitrogen and oxygen atoms in total. The highest BCUT2D eigenvalue weighted by Crippen LogP contribution is 2.20. The largest absolute Gasteiger partial charge is 0.481 e. The van der Waals surface area contributed by atoms with E-state index in [9.17, 15) is 9.59 Å². The number of carbonyl (C=O) groups is 2. The van der Waals surface area contributed by atoms with Gasteiger partial charge in [-0.25, -0.2) is 14.8 Å². The monoisotopic (exact) mass is 377 g/mol. The van der Waals surface area contributed by atoms with Crippen molar-refractivity contribution in [1.82, 2.24) is 15.3 Å². The van der Waals surface area contributed by atoms with E-state index in [1.54, 1.807) is 19.3 Å². The SMILES string of the molecule is Cc1ncc(C(/C=C/CCCCCNC(=O)OC(C)(C)C)CC(=O)O)cn1. The predicted molar refractivity (Wildman–Crippen MR) is 104 cm³/mol. The predicted octanol–water partition coefficient (Wildman–Crippen LogP) is 3.98. The van der Waals surface area contributed by atoms with Gasteiger partial charge in [0.1, 0.15) is 11.4 Å². The summed E-state index contributed by atoms with van der Waals surface area (Å²) in [6, 6.07) is 0. The first-order chi connectivity index (χ1) is 12.7. The first-order valence-electron chi connectivity index (χ1n) is 9.31. The van der Waals surface area contributed by atoms with Crippen molar-refractivity contribution in [2.75, 3.05) is 6.54 Å². The van der Waals surface area contributed by atoms with Crippen molar-refractivity contribution in [1.29, 1.82) is 0 Å². The van der Waals surface area contributed by atoms with Gasteiger partial charge in [-0.2, -0.15) is 0 Å². The second kappa shape index (κ2) is 11.3. The van der Waals surface area contributed by atoms with Crippen LogP contribution in [0.1, 0.15) is 70.2 Å². The highest BCUT2D eigenvalue weighted by molar-refractivity contribution is 5.68. The van der Waals surface area contributed by atoms with Crippen molar-refractivity contribution in [2.24, 2.45) is 0 Å². The zero-order valence-electron chi connectivity index (χ0n) is 16.7. The molecule has 0 aliphatic heterocycles. The van der Waals surface area contributed by atoms with Crippen LogP contribution in [0.4, 0.5) is 4.79 Å². The lowest BCUT2D eigenvalue weighted by atomic mass is 9.97. The van der Waals surface area contributed by atoms with E-state index >= 15 is 0 Å². The number of amides is 1. The highest BCUT2D eigenvalue weighted by Gasteiger charge is 2.15. The molecular weight excluding hydrogens is 346 g/mol. The Morgan fingerprint density at radius 1 is 1.22 bits per heavy atom. The molecule has 150 valence electrons. The molecule has 1 heterocycles. The number of allylic oxidation sites excluding steroid dienone is 2. The summed E-state index contributed by atoms with van der Waals surface area (Å²) in [5.74, 6) is -0.410. The molecular formula is C20H31N3O4. The summed E-state index contributed by atoms with van der Waals surface area (Å²) >= 11 is 0. The lowest BCUT2D eigenvalue weighted by molar-refractivity contribution is -0.137. The third kappa shape index (κ3) is 11.0. The first kappa shape index (κ1) is 22.6. The molecule has 1 unspecified atom stereocenters. The number of carboxylic acid groups (broad SMARTS) is 1. The standard InChI is InChI=1S/C20H31N3O4/c1-15-22-13-17(14-23-15)16(12-18(24)25)10-8-6-5-7-9-11-21-19(26)27-20(2,3)4/h8,10,13-14,16H,5-7,9,11-12H2,1-4H3,(H,21,26)(H,24,25)/b10-8+. The number of unbranched alkanes of at least 4 members (excludes halogenated alkanes) is 3. The maximum atomic E-state index is 11.5. The van der Waals surface area contributed by atoms with E-state index in [0.29, 0.717) is 12.4 Å². The van der Waals surface area contributed by atoms with Crippen LogP contribution < -0.4 is 5.32 Å². The number of carbonyl (C=O) groups excluding carboxylic acids is 1. The molecule has 0 aliphatic carbocycles. The van der Waals surface area contributed by atoms with Crippen LogP contribution in [0.15, 0.2) is 24.5 Å². The average molecular weight is 377 g/mol. The van der Waals surface area contributed by atoms with Gasteiger partial charge in [-0.15, -0.1) is 0 Å². The molecule has 0 radical (unpaired) electrons. The van der Waals surface area contributed by atoms with Crippen LogP contribution in [0.2, 0.25) is 0 Å². The van der Waals surface area contributed by atoms with Gasteiger partial charge in [0.25, 0.3) is 0 Å². The van der Waals surface area contributed by atoms with Crippen molar-refractivity contribution in [3.8, 4) is 0 Å². The smallest absolute Gasteiger partial charge is 0.407 e. The Kier molecular flexibility index (Phi) is 9.47. The summed E-state index contributed by atoms with van der Waals surface area (Å²) in [6.45, 7) is 7.88. The molecule has 0 spiro atoms. The van der Waals surface area contributed by atoms with Crippen LogP contribution in [0, 0.1) is 6.92 Å². The first-order valence-corrected chi connectivity index (χ1v) is 9.31. The van der Waals surface area contributed by atoms with Crippen LogP contribution in [0.25, 0.3) is 0 Å². The Morgan fingerprint density at radius 3 is 2.48 bits per heavy atom. The topological polar surface area (TPSA) is 101 Å². The van der Waals surface area contributed by atoms with Crippen LogP contribution in [-0.2, 0) is 9.53 Å². The van der Waals surface area contributed by atoms with Gasteiger partial charge in [0, 0.05) is 24.9 Å². The van der Waals surface area contributed by atoms with Gasteiger partial charge in [0.2, 0.25) is 0 Å². The molecule has 1 amide bonds. The summed E-state index contributed by atoms with van der Waals surface area (Å²) in [5.41, 5.74) is 0.324. The highest BCUT2D eigenvalue weighted by atomic mass is 16.6. The molecule has 1 aromatic heterocycles. The van der Waals surface area contributed by atoms with E-state index in [-0.39, 0.29) is 18.4 Å². The second-order valence-corrected chi connectivity index (χ2v) is 7.47. The normalized spacial score (nSPS) is 12.7. The quantitative estimate of drug-likeness (QED) is 0.472. The summed E-state index contributed by atoms with van der Waals surface area (Å²) in [6.07, 6.45) is 10.6. The zero-order chi connectivity index (χ0) is 20.3. The molecule has 27 heavy (non-hydrogen) atoms. The second-order valence-electron chi connectivity index (χ2n) is 7.47. The summed E-state index contributed by atoms with van der Waals surface area (Å²) in [5, 5.41) is 11.8. The zero-order valence-corrected chi connectivity index (χ0v) is 16.7. The Hall–Kier alpha value is -2.44. The molecule has 0 aliphatic rings.